The van der Waals surface area contributed by atoms with Crippen LogP contribution in [0.25, 0.3) is 10.8 Å². The van der Waals surface area contributed by atoms with Gasteiger partial charge in [-0.25, -0.2) is 0 Å². The number of hydrogen-bond donors (Lipinski definition) is 1. The first-order valence-electron chi connectivity index (χ1n) is 5.13. The summed E-state index contributed by atoms with van der Waals surface area (Å²) in [6.07, 6.45) is 0. The molecule has 0 aliphatic rings. The van der Waals surface area contributed by atoms with Crippen LogP contribution in [0.15, 0.2) is 30.3 Å². The number of hydrogen-bond acceptors (Lipinski definition) is 2. The van der Waals surface area contributed by atoms with Crippen LogP contribution in [-0.4, -0.2) is 30.0 Å². The molecule has 88 valence electrons. The molecule has 2 aromatic carbocycles. The number of aromatic hydroxyl groups is 1. The maximum absolute atomic E-state index is 11.8. The molecule has 0 heterocycles. The quantitative estimate of drug-likeness (QED) is 0.844. The van der Waals surface area contributed by atoms with Crippen molar-refractivity contribution in [2.75, 3.05) is 14.1 Å². The molecule has 2 aromatic rings. The van der Waals surface area contributed by atoms with E-state index in [1.165, 1.54) is 11.0 Å². The van der Waals surface area contributed by atoms with Crippen molar-refractivity contribution < 1.29 is 9.90 Å². The van der Waals surface area contributed by atoms with Crippen molar-refractivity contribution in [1.29, 1.82) is 0 Å². The van der Waals surface area contributed by atoms with Gasteiger partial charge in [-0.2, -0.15) is 0 Å². The lowest BCUT2D eigenvalue weighted by Gasteiger charge is -2.11. The van der Waals surface area contributed by atoms with Gasteiger partial charge in [-0.05, 0) is 29.7 Å². The highest BCUT2D eigenvalue weighted by molar-refractivity contribution is 6.31. The van der Waals surface area contributed by atoms with Gasteiger partial charge in [0.25, 0.3) is 5.91 Å². The Balaban J connectivity index is 2.64. The summed E-state index contributed by atoms with van der Waals surface area (Å²) in [4.78, 5) is 13.3. The number of benzene rings is 2. The van der Waals surface area contributed by atoms with E-state index in [1.54, 1.807) is 38.4 Å². The van der Waals surface area contributed by atoms with E-state index in [0.717, 1.165) is 5.39 Å². The summed E-state index contributed by atoms with van der Waals surface area (Å²) >= 11 is 5.86. The highest BCUT2D eigenvalue weighted by Crippen LogP contribution is 2.29. The third-order valence-corrected chi connectivity index (χ3v) is 2.78. The van der Waals surface area contributed by atoms with E-state index in [-0.39, 0.29) is 11.7 Å². The van der Waals surface area contributed by atoms with Crippen molar-refractivity contribution in [3.63, 3.8) is 0 Å². The second kappa shape index (κ2) is 4.26. The van der Waals surface area contributed by atoms with Gasteiger partial charge in [-0.1, -0.05) is 17.7 Å². The summed E-state index contributed by atoms with van der Waals surface area (Å²) in [6, 6.07) is 8.39. The second-order valence-electron chi connectivity index (χ2n) is 4.06. The Morgan fingerprint density at radius 3 is 2.59 bits per heavy atom. The number of phenolic OH excluding ortho intramolecular Hbond substituents is 1. The summed E-state index contributed by atoms with van der Waals surface area (Å²) < 4.78 is 0. The fourth-order valence-corrected chi connectivity index (χ4v) is 1.86. The van der Waals surface area contributed by atoms with Crippen LogP contribution in [0.3, 0.4) is 0 Å². The van der Waals surface area contributed by atoms with Crippen LogP contribution in [0.1, 0.15) is 10.4 Å². The van der Waals surface area contributed by atoms with Gasteiger partial charge in [0.05, 0.1) is 0 Å². The van der Waals surface area contributed by atoms with Crippen LogP contribution in [0, 0.1) is 0 Å². The topological polar surface area (TPSA) is 40.5 Å². The Labute approximate surface area is 104 Å². The minimum Gasteiger partial charge on any atom is -0.507 e. The Morgan fingerprint density at radius 2 is 1.94 bits per heavy atom. The SMILES string of the molecule is CN(C)C(=O)c1cc(O)c2cc(Cl)ccc2c1. The van der Waals surface area contributed by atoms with Crippen LogP contribution in [0.4, 0.5) is 0 Å². The molecule has 0 saturated carbocycles. The van der Waals surface area contributed by atoms with Crippen molar-refractivity contribution >= 4 is 28.3 Å². The van der Waals surface area contributed by atoms with E-state index in [9.17, 15) is 9.90 Å². The summed E-state index contributed by atoms with van der Waals surface area (Å²) in [6.45, 7) is 0. The molecule has 0 radical (unpaired) electrons. The molecule has 2 rings (SSSR count). The normalized spacial score (nSPS) is 10.5. The van der Waals surface area contributed by atoms with Gasteiger partial charge < -0.3 is 10.0 Å². The fourth-order valence-electron chi connectivity index (χ4n) is 1.69. The van der Waals surface area contributed by atoms with Gasteiger partial charge in [-0.15, -0.1) is 0 Å². The molecule has 0 spiro atoms. The summed E-state index contributed by atoms with van der Waals surface area (Å²) in [5, 5.41) is 11.9. The molecular formula is C13H12ClNO2. The Bertz CT molecular complexity index is 593. The average molecular weight is 250 g/mol. The second-order valence-corrected chi connectivity index (χ2v) is 4.50. The predicted molar refractivity (Wildman–Crippen MR) is 68.6 cm³/mol. The maximum atomic E-state index is 11.8. The first-order chi connectivity index (χ1) is 7.99. The molecule has 0 saturated heterocycles. The molecule has 4 heteroatoms. The minimum atomic E-state index is -0.142. The Morgan fingerprint density at radius 1 is 1.24 bits per heavy atom. The molecule has 1 N–H and O–H groups in total. The highest BCUT2D eigenvalue weighted by Gasteiger charge is 2.11. The zero-order valence-electron chi connectivity index (χ0n) is 9.57. The van der Waals surface area contributed by atoms with Gasteiger partial charge in [0.2, 0.25) is 0 Å². The largest absolute Gasteiger partial charge is 0.507 e. The average Bonchev–Trinajstić information content (AvgIpc) is 2.28. The van der Waals surface area contributed by atoms with Crippen LogP contribution in [0.2, 0.25) is 5.02 Å². The molecule has 17 heavy (non-hydrogen) atoms. The molecule has 0 aliphatic heterocycles. The van der Waals surface area contributed by atoms with Gasteiger partial charge in [0, 0.05) is 30.1 Å². The molecule has 0 atom stereocenters. The number of carbonyl (C=O) groups is 1. The molecule has 0 aliphatic carbocycles. The van der Waals surface area contributed by atoms with Crippen LogP contribution >= 0.6 is 11.6 Å². The minimum absolute atomic E-state index is 0.0650. The molecule has 3 nitrogen and oxygen atoms in total. The van der Waals surface area contributed by atoms with Crippen LogP contribution < -0.4 is 0 Å². The fraction of sp³-hybridized carbons (Fsp3) is 0.154. The number of rotatable bonds is 1. The first-order valence-corrected chi connectivity index (χ1v) is 5.51. The lowest BCUT2D eigenvalue weighted by Crippen LogP contribution is -2.21. The highest BCUT2D eigenvalue weighted by atomic mass is 35.5. The van der Waals surface area contributed by atoms with Gasteiger partial charge >= 0.3 is 0 Å². The van der Waals surface area contributed by atoms with E-state index >= 15 is 0 Å². The Kier molecular flexibility index (Phi) is 2.94. The Hall–Kier alpha value is -1.74. The van der Waals surface area contributed by atoms with Crippen molar-refractivity contribution in [1.82, 2.24) is 4.90 Å². The molecule has 0 bridgehead atoms. The van der Waals surface area contributed by atoms with Gasteiger partial charge in [-0.3, -0.25) is 4.79 Å². The smallest absolute Gasteiger partial charge is 0.253 e. The zero-order chi connectivity index (χ0) is 12.6. The monoisotopic (exact) mass is 249 g/mol. The number of halogens is 1. The van der Waals surface area contributed by atoms with E-state index < -0.39 is 0 Å². The molecule has 0 fully saturated rings. The molecule has 0 unspecified atom stereocenters. The van der Waals surface area contributed by atoms with Crippen molar-refractivity contribution in [3.05, 3.63) is 40.9 Å². The molecule has 0 aromatic heterocycles. The lowest BCUT2D eigenvalue weighted by molar-refractivity contribution is 0.0827. The van der Waals surface area contributed by atoms with Crippen LogP contribution in [-0.2, 0) is 0 Å². The van der Waals surface area contributed by atoms with Gasteiger partial charge in [0.1, 0.15) is 5.75 Å². The number of amides is 1. The predicted octanol–water partition coefficient (Wildman–Crippen LogP) is 2.90. The first kappa shape index (κ1) is 11.7. The third kappa shape index (κ3) is 2.19. The lowest BCUT2D eigenvalue weighted by atomic mass is 10.1. The van der Waals surface area contributed by atoms with Crippen LogP contribution in [0.5, 0.6) is 5.75 Å². The summed E-state index contributed by atoms with van der Waals surface area (Å²) in [7, 11) is 3.34. The zero-order valence-corrected chi connectivity index (χ0v) is 10.3. The number of fused-ring (bicyclic) bond motifs is 1. The van der Waals surface area contributed by atoms with E-state index in [4.69, 9.17) is 11.6 Å². The van der Waals surface area contributed by atoms with Crippen molar-refractivity contribution in [2.45, 2.75) is 0 Å². The number of phenols is 1. The summed E-state index contributed by atoms with van der Waals surface area (Å²) in [5.41, 5.74) is 0.460. The standard InChI is InChI=1S/C13H12ClNO2/c1-15(2)13(17)9-5-8-3-4-10(14)7-11(8)12(16)6-9/h3-7,16H,1-2H3. The summed E-state index contributed by atoms with van der Waals surface area (Å²) in [5.74, 6) is -0.0765. The molecular weight excluding hydrogens is 238 g/mol. The third-order valence-electron chi connectivity index (χ3n) is 2.55. The van der Waals surface area contributed by atoms with E-state index in [2.05, 4.69) is 0 Å². The van der Waals surface area contributed by atoms with E-state index in [0.29, 0.717) is 16.0 Å². The number of carbonyl (C=O) groups excluding carboxylic acids is 1. The van der Waals surface area contributed by atoms with Gasteiger partial charge in [0.15, 0.2) is 0 Å². The molecule has 1 amide bonds. The van der Waals surface area contributed by atoms with E-state index in [1.807, 2.05) is 0 Å². The van der Waals surface area contributed by atoms with Crippen molar-refractivity contribution in [3.8, 4) is 5.75 Å². The maximum Gasteiger partial charge on any atom is 0.253 e. The number of nitrogens with zero attached hydrogens (tertiary/aromatic N) is 1. The van der Waals surface area contributed by atoms with Crippen molar-refractivity contribution in [2.24, 2.45) is 0 Å².